The van der Waals surface area contributed by atoms with Crippen molar-refractivity contribution in [2.75, 3.05) is 6.54 Å². The van der Waals surface area contributed by atoms with Crippen molar-refractivity contribution in [3.05, 3.63) is 35.4 Å². The van der Waals surface area contributed by atoms with E-state index in [1.54, 1.807) is 0 Å². The highest BCUT2D eigenvalue weighted by Gasteiger charge is 2.50. The number of aliphatic carboxylic acids is 1. The Labute approximate surface area is 118 Å². The molecule has 0 aliphatic heterocycles. The number of carbonyl (C=O) groups excluding carboxylic acids is 1. The Morgan fingerprint density at radius 3 is 2.30 bits per heavy atom. The van der Waals surface area contributed by atoms with Crippen LogP contribution in [0.1, 0.15) is 53.9 Å². The van der Waals surface area contributed by atoms with Crippen molar-refractivity contribution in [2.45, 2.75) is 38.0 Å². The number of amides is 1. The number of nitrogens with one attached hydrogen (secondary N) is 1. The molecule has 0 atom stereocenters. The summed E-state index contributed by atoms with van der Waals surface area (Å²) in [5.41, 5.74) is 1.20. The molecule has 3 rings (SSSR count). The van der Waals surface area contributed by atoms with Gasteiger partial charge in [-0.2, -0.15) is 0 Å². The van der Waals surface area contributed by atoms with Gasteiger partial charge in [-0.3, -0.25) is 9.59 Å². The smallest absolute Gasteiger partial charge is 0.311 e. The number of rotatable bonds is 5. The number of hydrogen-bond acceptors (Lipinski definition) is 2. The first-order chi connectivity index (χ1) is 9.61. The van der Waals surface area contributed by atoms with Gasteiger partial charge in [0.1, 0.15) is 0 Å². The Morgan fingerprint density at radius 2 is 1.85 bits per heavy atom. The van der Waals surface area contributed by atoms with Crippen molar-refractivity contribution >= 4 is 11.9 Å². The molecule has 2 aliphatic carbocycles. The molecule has 1 aromatic carbocycles. The second-order valence-electron chi connectivity index (χ2n) is 6.02. The van der Waals surface area contributed by atoms with Gasteiger partial charge in [-0.05, 0) is 49.3 Å². The maximum Gasteiger partial charge on any atom is 0.311 e. The fraction of sp³-hybridized carbons (Fsp3) is 0.500. The van der Waals surface area contributed by atoms with Crippen LogP contribution in [0.3, 0.4) is 0 Å². The first-order valence-corrected chi connectivity index (χ1v) is 7.22. The summed E-state index contributed by atoms with van der Waals surface area (Å²) < 4.78 is 0. The SMILES string of the molecule is O=C(NCC1(C(=O)O)CC1)c1ccc(C2CCC2)cc1. The Bertz CT molecular complexity index is 527. The van der Waals surface area contributed by atoms with E-state index in [1.165, 1.54) is 24.8 Å². The fourth-order valence-electron chi connectivity index (χ4n) is 2.62. The normalized spacial score (nSPS) is 20.0. The number of carbonyl (C=O) groups is 2. The largest absolute Gasteiger partial charge is 0.481 e. The molecule has 1 amide bonds. The number of carboxylic acids is 1. The van der Waals surface area contributed by atoms with Gasteiger partial charge in [0.05, 0.1) is 5.41 Å². The fourth-order valence-corrected chi connectivity index (χ4v) is 2.62. The van der Waals surface area contributed by atoms with Crippen LogP contribution in [0, 0.1) is 5.41 Å². The van der Waals surface area contributed by atoms with E-state index in [9.17, 15) is 9.59 Å². The van der Waals surface area contributed by atoms with E-state index >= 15 is 0 Å². The lowest BCUT2D eigenvalue weighted by atomic mass is 9.80. The van der Waals surface area contributed by atoms with Crippen molar-refractivity contribution in [1.29, 1.82) is 0 Å². The van der Waals surface area contributed by atoms with E-state index in [2.05, 4.69) is 5.32 Å². The molecule has 20 heavy (non-hydrogen) atoms. The van der Waals surface area contributed by atoms with Gasteiger partial charge in [0.15, 0.2) is 0 Å². The summed E-state index contributed by atoms with van der Waals surface area (Å²) in [7, 11) is 0. The van der Waals surface area contributed by atoms with Gasteiger partial charge in [0, 0.05) is 12.1 Å². The average molecular weight is 273 g/mol. The zero-order valence-electron chi connectivity index (χ0n) is 11.4. The van der Waals surface area contributed by atoms with E-state index in [0.717, 1.165) is 0 Å². The highest BCUT2D eigenvalue weighted by Crippen LogP contribution is 2.45. The Morgan fingerprint density at radius 1 is 1.20 bits per heavy atom. The molecule has 2 N–H and O–H groups in total. The number of hydrogen-bond donors (Lipinski definition) is 2. The first kappa shape index (κ1) is 13.2. The predicted molar refractivity (Wildman–Crippen MR) is 74.7 cm³/mol. The van der Waals surface area contributed by atoms with Crippen molar-refractivity contribution in [3.63, 3.8) is 0 Å². The third-order valence-corrected chi connectivity index (χ3v) is 4.64. The van der Waals surface area contributed by atoms with Crippen molar-refractivity contribution in [1.82, 2.24) is 5.32 Å². The summed E-state index contributed by atoms with van der Waals surface area (Å²) in [6.07, 6.45) is 5.09. The van der Waals surface area contributed by atoms with Crippen LogP contribution in [0.2, 0.25) is 0 Å². The molecule has 1 aromatic rings. The zero-order chi connectivity index (χ0) is 14.2. The molecule has 0 spiro atoms. The second kappa shape index (κ2) is 4.93. The van der Waals surface area contributed by atoms with Gasteiger partial charge in [0.2, 0.25) is 0 Å². The summed E-state index contributed by atoms with van der Waals surface area (Å²) >= 11 is 0. The lowest BCUT2D eigenvalue weighted by Gasteiger charge is -2.25. The maximum absolute atomic E-state index is 12.0. The standard InChI is InChI=1S/C16H19NO3/c18-14(17-10-16(8-9-16)15(19)20)13-6-4-12(5-7-13)11-2-1-3-11/h4-7,11H,1-3,8-10H2,(H,17,18)(H,19,20). The molecule has 0 unspecified atom stereocenters. The van der Waals surface area contributed by atoms with Crippen LogP contribution in [0.5, 0.6) is 0 Å². The molecule has 0 heterocycles. The maximum atomic E-state index is 12.0. The predicted octanol–water partition coefficient (Wildman–Crippen LogP) is 2.55. The summed E-state index contributed by atoms with van der Waals surface area (Å²) in [4.78, 5) is 23.0. The van der Waals surface area contributed by atoms with E-state index in [0.29, 0.717) is 24.3 Å². The molecule has 4 heteroatoms. The molecule has 2 saturated carbocycles. The molecule has 4 nitrogen and oxygen atoms in total. The van der Waals surface area contributed by atoms with Gasteiger partial charge in [-0.1, -0.05) is 18.6 Å². The summed E-state index contributed by atoms with van der Waals surface area (Å²) in [5.74, 6) is -0.329. The van der Waals surface area contributed by atoms with Crippen LogP contribution in [-0.2, 0) is 4.79 Å². The Kier molecular flexibility index (Phi) is 3.24. The minimum Gasteiger partial charge on any atom is -0.481 e. The van der Waals surface area contributed by atoms with Crippen LogP contribution >= 0.6 is 0 Å². The van der Waals surface area contributed by atoms with Gasteiger partial charge >= 0.3 is 5.97 Å². The lowest BCUT2D eigenvalue weighted by molar-refractivity contribution is -0.143. The molecular weight excluding hydrogens is 254 g/mol. The Balaban J connectivity index is 1.58. The van der Waals surface area contributed by atoms with Gasteiger partial charge in [-0.15, -0.1) is 0 Å². The van der Waals surface area contributed by atoms with E-state index in [4.69, 9.17) is 5.11 Å². The summed E-state index contributed by atoms with van der Waals surface area (Å²) in [5, 5.41) is 11.8. The second-order valence-corrected chi connectivity index (χ2v) is 6.02. The molecule has 0 aromatic heterocycles. The molecular formula is C16H19NO3. The first-order valence-electron chi connectivity index (χ1n) is 7.22. The third-order valence-electron chi connectivity index (χ3n) is 4.64. The van der Waals surface area contributed by atoms with Gasteiger partial charge < -0.3 is 10.4 Å². The summed E-state index contributed by atoms with van der Waals surface area (Å²) in [6, 6.07) is 7.71. The van der Waals surface area contributed by atoms with Crippen LogP contribution < -0.4 is 5.32 Å². The number of carboxylic acid groups (broad SMARTS) is 1. The number of benzene rings is 1. The van der Waals surface area contributed by atoms with E-state index < -0.39 is 11.4 Å². The third kappa shape index (κ3) is 2.42. The van der Waals surface area contributed by atoms with Crippen LogP contribution in [0.4, 0.5) is 0 Å². The van der Waals surface area contributed by atoms with Gasteiger partial charge in [0.25, 0.3) is 5.91 Å². The minimum atomic E-state index is -0.807. The molecule has 106 valence electrons. The lowest BCUT2D eigenvalue weighted by Crippen LogP contribution is -2.34. The van der Waals surface area contributed by atoms with Crippen molar-refractivity contribution in [3.8, 4) is 0 Å². The minimum absolute atomic E-state index is 0.183. The molecule has 0 radical (unpaired) electrons. The van der Waals surface area contributed by atoms with Crippen LogP contribution in [-0.4, -0.2) is 23.5 Å². The van der Waals surface area contributed by atoms with E-state index in [1.807, 2.05) is 24.3 Å². The topological polar surface area (TPSA) is 66.4 Å². The molecule has 2 fully saturated rings. The summed E-state index contributed by atoms with van der Waals surface area (Å²) in [6.45, 7) is 0.228. The monoisotopic (exact) mass is 273 g/mol. The highest BCUT2D eigenvalue weighted by atomic mass is 16.4. The highest BCUT2D eigenvalue weighted by molar-refractivity contribution is 5.94. The quantitative estimate of drug-likeness (QED) is 0.866. The molecule has 0 bridgehead atoms. The molecule has 0 saturated heterocycles. The zero-order valence-corrected chi connectivity index (χ0v) is 11.4. The average Bonchev–Trinajstić information content (AvgIpc) is 3.16. The van der Waals surface area contributed by atoms with Crippen molar-refractivity contribution in [2.24, 2.45) is 5.41 Å². The molecule has 2 aliphatic rings. The Hall–Kier alpha value is -1.84. The van der Waals surface area contributed by atoms with Crippen LogP contribution in [0.15, 0.2) is 24.3 Å². The van der Waals surface area contributed by atoms with Crippen LogP contribution in [0.25, 0.3) is 0 Å². The van der Waals surface area contributed by atoms with Gasteiger partial charge in [-0.25, -0.2) is 0 Å². The van der Waals surface area contributed by atoms with Crippen molar-refractivity contribution < 1.29 is 14.7 Å². The van der Waals surface area contributed by atoms with E-state index in [-0.39, 0.29) is 12.5 Å².